The number of carbonyl (C=O) groups excluding carboxylic acids is 2. The normalized spacial score (nSPS) is 10.8. The first-order valence-corrected chi connectivity index (χ1v) is 9.81. The summed E-state index contributed by atoms with van der Waals surface area (Å²) >= 11 is 4.71. The van der Waals surface area contributed by atoms with Gasteiger partial charge in [0.25, 0.3) is 0 Å². The fourth-order valence-electron chi connectivity index (χ4n) is 2.72. The van der Waals surface area contributed by atoms with Gasteiger partial charge in [0.15, 0.2) is 11.6 Å². The number of carbonyl (C=O) groups is 2. The van der Waals surface area contributed by atoms with Crippen LogP contribution in [0.1, 0.15) is 32.1 Å². The van der Waals surface area contributed by atoms with Crippen molar-refractivity contribution in [2.45, 2.75) is 19.0 Å². The van der Waals surface area contributed by atoms with Gasteiger partial charge < -0.3 is 9.72 Å². The summed E-state index contributed by atoms with van der Waals surface area (Å²) in [6, 6.07) is 7.67. The molecular formula is C18H17BrN4O3S. The maximum atomic E-state index is 12.6. The molecule has 2 N–H and O–H groups in total. The van der Waals surface area contributed by atoms with Crippen molar-refractivity contribution in [1.82, 2.24) is 20.2 Å². The van der Waals surface area contributed by atoms with Crippen LogP contribution in [0.4, 0.5) is 0 Å². The predicted molar refractivity (Wildman–Crippen MR) is 106 cm³/mol. The number of hydrogen-bond donors (Lipinski definition) is 2. The SMILES string of the molecule is COC(=O)c1c(C)[nH]c(C(=O)CSc2n[nH]c(-c3ccccc3Br)n2)c1C. The quantitative estimate of drug-likeness (QED) is 0.336. The van der Waals surface area contributed by atoms with E-state index >= 15 is 0 Å². The third-order valence-electron chi connectivity index (χ3n) is 4.03. The van der Waals surface area contributed by atoms with Crippen LogP contribution in [-0.2, 0) is 4.74 Å². The van der Waals surface area contributed by atoms with E-state index in [9.17, 15) is 9.59 Å². The third-order valence-corrected chi connectivity index (χ3v) is 5.57. The van der Waals surface area contributed by atoms with Crippen molar-refractivity contribution in [2.75, 3.05) is 12.9 Å². The number of ketones is 1. The number of thioether (sulfide) groups is 1. The van der Waals surface area contributed by atoms with Crippen molar-refractivity contribution in [3.05, 3.63) is 51.3 Å². The Hall–Kier alpha value is -2.39. The number of halogens is 1. The minimum atomic E-state index is -0.458. The minimum absolute atomic E-state index is 0.136. The van der Waals surface area contributed by atoms with E-state index in [0.717, 1.165) is 10.0 Å². The van der Waals surface area contributed by atoms with Crippen LogP contribution < -0.4 is 0 Å². The van der Waals surface area contributed by atoms with Crippen LogP contribution in [0.5, 0.6) is 0 Å². The predicted octanol–water partition coefficient (Wildman–Crippen LogP) is 3.94. The molecular weight excluding hydrogens is 432 g/mol. The van der Waals surface area contributed by atoms with Crippen LogP contribution in [-0.4, -0.2) is 44.8 Å². The fraction of sp³-hybridized carbons (Fsp3) is 0.222. The fourth-order valence-corrected chi connectivity index (χ4v) is 3.87. The second-order valence-electron chi connectivity index (χ2n) is 5.77. The molecule has 0 aliphatic heterocycles. The Bertz CT molecular complexity index is 1010. The van der Waals surface area contributed by atoms with Gasteiger partial charge >= 0.3 is 5.97 Å². The number of nitrogens with zero attached hydrogens (tertiary/aromatic N) is 2. The van der Waals surface area contributed by atoms with Crippen molar-refractivity contribution in [3.8, 4) is 11.4 Å². The molecule has 0 amide bonds. The molecule has 1 aromatic carbocycles. The van der Waals surface area contributed by atoms with Crippen LogP contribution in [0.2, 0.25) is 0 Å². The number of nitrogens with one attached hydrogen (secondary N) is 2. The number of benzene rings is 1. The van der Waals surface area contributed by atoms with Gasteiger partial charge in [0.2, 0.25) is 5.16 Å². The minimum Gasteiger partial charge on any atom is -0.465 e. The lowest BCUT2D eigenvalue weighted by molar-refractivity contribution is 0.0599. The average molecular weight is 449 g/mol. The zero-order valence-corrected chi connectivity index (χ0v) is 17.3. The first-order chi connectivity index (χ1) is 12.9. The topological polar surface area (TPSA) is 101 Å². The number of aromatic amines is 2. The van der Waals surface area contributed by atoms with E-state index in [1.54, 1.807) is 13.8 Å². The summed E-state index contributed by atoms with van der Waals surface area (Å²) in [5, 5.41) is 7.51. The van der Waals surface area contributed by atoms with E-state index in [4.69, 9.17) is 4.74 Å². The molecule has 0 fully saturated rings. The molecule has 0 aliphatic carbocycles. The summed E-state index contributed by atoms with van der Waals surface area (Å²) in [6.45, 7) is 3.47. The Balaban J connectivity index is 1.72. The van der Waals surface area contributed by atoms with E-state index in [-0.39, 0.29) is 11.5 Å². The van der Waals surface area contributed by atoms with Gasteiger partial charge in [-0.1, -0.05) is 45.9 Å². The maximum Gasteiger partial charge on any atom is 0.339 e. The molecule has 0 saturated heterocycles. The first-order valence-electron chi connectivity index (χ1n) is 8.03. The number of Topliss-reactive ketones (excluding diaryl/α,β-unsaturated/α-hetero) is 1. The molecule has 0 unspecified atom stereocenters. The van der Waals surface area contributed by atoms with Crippen LogP contribution >= 0.6 is 27.7 Å². The highest BCUT2D eigenvalue weighted by molar-refractivity contribution is 9.10. The molecule has 0 atom stereocenters. The first kappa shape index (κ1) is 19.4. The second kappa shape index (κ2) is 8.10. The van der Waals surface area contributed by atoms with Crippen molar-refractivity contribution in [2.24, 2.45) is 0 Å². The average Bonchev–Trinajstić information content (AvgIpc) is 3.24. The molecule has 7 nitrogen and oxygen atoms in total. The lowest BCUT2D eigenvalue weighted by Gasteiger charge is -2.00. The smallest absolute Gasteiger partial charge is 0.339 e. The standard InChI is InChI=1S/C18H17BrN4O3S/c1-9-14(17(25)26-3)10(2)20-15(9)13(24)8-27-18-21-16(22-23-18)11-6-4-5-7-12(11)19/h4-7,20H,8H2,1-3H3,(H,21,22,23). The largest absolute Gasteiger partial charge is 0.465 e. The van der Waals surface area contributed by atoms with E-state index in [1.165, 1.54) is 18.9 Å². The summed E-state index contributed by atoms with van der Waals surface area (Å²) in [5.74, 6) is 0.176. The molecule has 27 heavy (non-hydrogen) atoms. The van der Waals surface area contributed by atoms with Gasteiger partial charge in [-0.05, 0) is 25.5 Å². The molecule has 3 rings (SSSR count). The van der Waals surface area contributed by atoms with Crippen molar-refractivity contribution in [3.63, 3.8) is 0 Å². The Labute approximate surface area is 168 Å². The van der Waals surface area contributed by atoms with E-state index < -0.39 is 5.97 Å². The Morgan fingerprint density at radius 1 is 1.26 bits per heavy atom. The number of ether oxygens (including phenoxy) is 1. The third kappa shape index (κ3) is 3.98. The number of rotatable bonds is 6. The highest BCUT2D eigenvalue weighted by Crippen LogP contribution is 2.27. The Kier molecular flexibility index (Phi) is 5.81. The van der Waals surface area contributed by atoms with Gasteiger partial charge in [0.1, 0.15) is 0 Å². The Morgan fingerprint density at radius 3 is 2.70 bits per heavy atom. The summed E-state index contributed by atoms with van der Waals surface area (Å²) < 4.78 is 5.68. The molecule has 0 bridgehead atoms. The molecule has 0 aliphatic rings. The molecule has 0 saturated carbocycles. The van der Waals surface area contributed by atoms with Gasteiger partial charge in [0, 0.05) is 15.7 Å². The van der Waals surface area contributed by atoms with Crippen molar-refractivity contribution in [1.29, 1.82) is 0 Å². The zero-order valence-electron chi connectivity index (χ0n) is 14.9. The lowest BCUT2D eigenvalue weighted by Crippen LogP contribution is -2.07. The van der Waals surface area contributed by atoms with Crippen molar-refractivity contribution < 1.29 is 14.3 Å². The van der Waals surface area contributed by atoms with E-state index in [2.05, 4.69) is 36.1 Å². The summed E-state index contributed by atoms with van der Waals surface area (Å²) in [5.41, 5.74) is 2.90. The lowest BCUT2D eigenvalue weighted by atomic mass is 10.1. The molecule has 9 heteroatoms. The Morgan fingerprint density at radius 2 is 2.00 bits per heavy atom. The number of methoxy groups -OCH3 is 1. The molecule has 140 valence electrons. The molecule has 3 aromatic rings. The highest BCUT2D eigenvalue weighted by Gasteiger charge is 2.22. The number of H-pyrrole nitrogens is 2. The molecule has 0 spiro atoms. The van der Waals surface area contributed by atoms with Crippen LogP contribution in [0.15, 0.2) is 33.9 Å². The summed E-state index contributed by atoms with van der Waals surface area (Å²) in [7, 11) is 1.32. The van der Waals surface area contributed by atoms with Gasteiger partial charge in [-0.2, -0.15) is 0 Å². The second-order valence-corrected chi connectivity index (χ2v) is 7.57. The number of aryl methyl sites for hydroxylation is 1. The number of hydrogen-bond acceptors (Lipinski definition) is 6. The van der Waals surface area contributed by atoms with Crippen molar-refractivity contribution >= 4 is 39.4 Å². The van der Waals surface area contributed by atoms with Crippen LogP contribution in [0.3, 0.4) is 0 Å². The summed E-state index contributed by atoms with van der Waals surface area (Å²) in [4.78, 5) is 31.8. The molecule has 0 radical (unpaired) electrons. The summed E-state index contributed by atoms with van der Waals surface area (Å²) in [6.07, 6.45) is 0. The van der Waals surface area contributed by atoms with Gasteiger partial charge in [0.05, 0.1) is 24.1 Å². The number of aromatic nitrogens is 4. The van der Waals surface area contributed by atoms with Crippen LogP contribution in [0.25, 0.3) is 11.4 Å². The zero-order chi connectivity index (χ0) is 19.6. The van der Waals surface area contributed by atoms with Gasteiger partial charge in [-0.25, -0.2) is 9.78 Å². The van der Waals surface area contributed by atoms with Gasteiger partial charge in [-0.15, -0.1) is 5.10 Å². The van der Waals surface area contributed by atoms with Crippen LogP contribution in [0, 0.1) is 13.8 Å². The highest BCUT2D eigenvalue weighted by atomic mass is 79.9. The van der Waals surface area contributed by atoms with Gasteiger partial charge in [-0.3, -0.25) is 9.89 Å². The maximum absolute atomic E-state index is 12.6. The monoisotopic (exact) mass is 448 g/mol. The van der Waals surface area contributed by atoms with E-state index in [1.807, 2.05) is 24.3 Å². The molecule has 2 aromatic heterocycles. The van der Waals surface area contributed by atoms with E-state index in [0.29, 0.717) is 33.5 Å². The molecule has 2 heterocycles. The number of esters is 1.